The average molecular weight is 396 g/mol. The first-order valence-electron chi connectivity index (χ1n) is 8.73. The molecule has 0 saturated carbocycles. The lowest BCUT2D eigenvalue weighted by molar-refractivity contribution is -0.407. The second-order valence-electron chi connectivity index (χ2n) is 6.74. The number of nitrogens with zero attached hydrogens (tertiary/aromatic N) is 4. The molecule has 0 aromatic heterocycles. The number of imide groups is 1. The van der Waals surface area contributed by atoms with Gasteiger partial charge < -0.3 is 10.1 Å². The van der Waals surface area contributed by atoms with Crippen LogP contribution in [0.25, 0.3) is 0 Å². The molecule has 2 heterocycles. The molecule has 27 heavy (non-hydrogen) atoms. The summed E-state index contributed by atoms with van der Waals surface area (Å²) in [6.07, 6.45) is 0.617. The van der Waals surface area contributed by atoms with Crippen LogP contribution in [0.5, 0.6) is 0 Å². The molecule has 1 atom stereocenters. The summed E-state index contributed by atoms with van der Waals surface area (Å²) in [5.74, 6) is 0.0607. The molecule has 0 bridgehead atoms. The van der Waals surface area contributed by atoms with Crippen molar-refractivity contribution in [2.45, 2.75) is 20.3 Å². The normalized spacial score (nSPS) is 19.9. The van der Waals surface area contributed by atoms with Crippen molar-refractivity contribution in [1.29, 1.82) is 0 Å². The number of thioether (sulfide) groups is 1. The number of hydrogen-bond acceptors (Lipinski definition) is 7. The third-order valence-electron chi connectivity index (χ3n) is 4.05. The lowest BCUT2D eigenvalue weighted by Gasteiger charge is -2.26. The Hall–Kier alpha value is -2.07. The number of ether oxygens (including phenoxy) is 1. The second kappa shape index (κ2) is 9.23. The van der Waals surface area contributed by atoms with Crippen molar-refractivity contribution >= 4 is 46.3 Å². The van der Waals surface area contributed by atoms with Gasteiger partial charge in [0.15, 0.2) is 5.92 Å². The molecule has 2 aliphatic rings. The highest BCUT2D eigenvalue weighted by atomic mass is 32.2. The number of urea groups is 1. The number of carbonyl (C=O) groups is 3. The number of aliphatic imine (C=N–C) groups is 2. The SMILES string of the molecule is COCCNC(=O)CSC1=NC(CC(C)C)=NC2=[N+](C)C(=O)N(C)C(=O)C12. The Labute approximate surface area is 162 Å². The first-order chi connectivity index (χ1) is 12.8. The van der Waals surface area contributed by atoms with E-state index < -0.39 is 11.9 Å². The molecular formula is C17H26N5O4S+. The van der Waals surface area contributed by atoms with Gasteiger partial charge in [0.1, 0.15) is 5.04 Å². The second-order valence-corrected chi connectivity index (χ2v) is 7.73. The van der Waals surface area contributed by atoms with Crippen molar-refractivity contribution in [3.8, 4) is 0 Å². The quantitative estimate of drug-likeness (QED) is 0.501. The van der Waals surface area contributed by atoms with E-state index in [1.54, 1.807) is 14.2 Å². The van der Waals surface area contributed by atoms with Crippen LogP contribution in [-0.2, 0) is 14.3 Å². The average Bonchev–Trinajstić information content (AvgIpc) is 2.62. The molecule has 4 amide bonds. The first-order valence-corrected chi connectivity index (χ1v) is 9.71. The van der Waals surface area contributed by atoms with Crippen LogP contribution in [0, 0.1) is 11.8 Å². The molecule has 10 heteroatoms. The maximum absolute atomic E-state index is 12.7. The van der Waals surface area contributed by atoms with Gasteiger partial charge in [0.2, 0.25) is 11.7 Å². The lowest BCUT2D eigenvalue weighted by Crippen LogP contribution is -2.54. The predicted molar refractivity (Wildman–Crippen MR) is 105 cm³/mol. The van der Waals surface area contributed by atoms with E-state index in [-0.39, 0.29) is 17.6 Å². The zero-order chi connectivity index (χ0) is 20.1. The Morgan fingerprint density at radius 2 is 2.07 bits per heavy atom. The number of rotatable bonds is 7. The van der Waals surface area contributed by atoms with Crippen molar-refractivity contribution in [2.24, 2.45) is 21.8 Å². The number of nitrogens with one attached hydrogen (secondary N) is 1. The van der Waals surface area contributed by atoms with Crippen molar-refractivity contribution in [3.05, 3.63) is 0 Å². The van der Waals surface area contributed by atoms with Crippen molar-refractivity contribution in [3.63, 3.8) is 0 Å². The smallest absolute Gasteiger partial charge is 0.383 e. The molecule has 2 aliphatic heterocycles. The van der Waals surface area contributed by atoms with E-state index in [1.165, 1.54) is 23.4 Å². The molecule has 0 aliphatic carbocycles. The summed E-state index contributed by atoms with van der Waals surface area (Å²) in [5, 5.41) is 3.23. The molecule has 0 aromatic carbocycles. The molecule has 0 spiro atoms. The van der Waals surface area contributed by atoms with Crippen LogP contribution >= 0.6 is 11.8 Å². The summed E-state index contributed by atoms with van der Waals surface area (Å²) >= 11 is 1.20. The van der Waals surface area contributed by atoms with Gasteiger partial charge in [-0.3, -0.25) is 9.59 Å². The Bertz CT molecular complexity index is 729. The van der Waals surface area contributed by atoms with Gasteiger partial charge in [0.05, 0.1) is 26.5 Å². The number of amidine groups is 2. The number of amides is 4. The van der Waals surface area contributed by atoms with Crippen molar-refractivity contribution < 1.29 is 23.7 Å². The van der Waals surface area contributed by atoms with E-state index in [0.717, 1.165) is 4.90 Å². The van der Waals surface area contributed by atoms with Gasteiger partial charge in [-0.1, -0.05) is 30.6 Å². The first kappa shape index (κ1) is 21.2. The topological polar surface area (TPSA) is 103 Å². The number of fused-ring (bicyclic) bond motifs is 1. The van der Waals surface area contributed by atoms with Crippen LogP contribution in [0.1, 0.15) is 20.3 Å². The maximum Gasteiger partial charge on any atom is 0.445 e. The molecule has 148 valence electrons. The fraction of sp³-hybridized carbons (Fsp3) is 0.647. The largest absolute Gasteiger partial charge is 0.445 e. The molecule has 2 rings (SSSR count). The van der Waals surface area contributed by atoms with E-state index in [2.05, 4.69) is 15.3 Å². The van der Waals surface area contributed by atoms with Gasteiger partial charge in [-0.25, -0.2) is 9.79 Å². The summed E-state index contributed by atoms with van der Waals surface area (Å²) in [6.45, 7) is 4.93. The minimum atomic E-state index is -0.759. The minimum absolute atomic E-state index is 0.121. The fourth-order valence-electron chi connectivity index (χ4n) is 2.67. The molecule has 0 radical (unpaired) electrons. The molecule has 1 unspecified atom stereocenters. The van der Waals surface area contributed by atoms with E-state index in [1.807, 2.05) is 13.8 Å². The molecule has 0 fully saturated rings. The van der Waals surface area contributed by atoms with Crippen molar-refractivity contribution in [1.82, 2.24) is 10.2 Å². The van der Waals surface area contributed by atoms with Gasteiger partial charge in [0, 0.05) is 20.1 Å². The molecular weight excluding hydrogens is 370 g/mol. The van der Waals surface area contributed by atoms with Gasteiger partial charge in [-0.2, -0.15) is 9.48 Å². The van der Waals surface area contributed by atoms with Crippen LogP contribution in [0.15, 0.2) is 9.98 Å². The lowest BCUT2D eigenvalue weighted by atomic mass is 10.0. The zero-order valence-electron chi connectivity index (χ0n) is 16.3. The minimum Gasteiger partial charge on any atom is -0.383 e. The van der Waals surface area contributed by atoms with Crippen LogP contribution in [-0.4, -0.2) is 84.1 Å². The summed E-state index contributed by atoms with van der Waals surface area (Å²) in [6, 6.07) is -0.428. The van der Waals surface area contributed by atoms with E-state index >= 15 is 0 Å². The van der Waals surface area contributed by atoms with Gasteiger partial charge >= 0.3 is 11.9 Å². The summed E-state index contributed by atoms with van der Waals surface area (Å²) in [5.41, 5.74) is 0. The van der Waals surface area contributed by atoms with Gasteiger partial charge in [0.25, 0.3) is 5.84 Å². The van der Waals surface area contributed by atoms with Gasteiger partial charge in [-0.15, -0.1) is 0 Å². The monoisotopic (exact) mass is 396 g/mol. The van der Waals surface area contributed by atoms with E-state index in [4.69, 9.17) is 4.74 Å². The van der Waals surface area contributed by atoms with Crippen LogP contribution < -0.4 is 5.32 Å². The molecule has 0 saturated heterocycles. The highest BCUT2D eigenvalue weighted by Gasteiger charge is 2.49. The summed E-state index contributed by atoms with van der Waals surface area (Å²) in [7, 11) is 4.59. The van der Waals surface area contributed by atoms with E-state index in [0.29, 0.717) is 42.2 Å². The Balaban J connectivity index is 2.26. The summed E-state index contributed by atoms with van der Waals surface area (Å²) in [4.78, 5) is 47.0. The third kappa shape index (κ3) is 5.01. The van der Waals surface area contributed by atoms with Crippen LogP contribution in [0.2, 0.25) is 0 Å². The van der Waals surface area contributed by atoms with Crippen LogP contribution in [0.3, 0.4) is 0 Å². The number of hydrogen-bond donors (Lipinski definition) is 1. The molecule has 0 aromatic rings. The Kier molecular flexibility index (Phi) is 7.25. The Morgan fingerprint density at radius 1 is 1.37 bits per heavy atom. The predicted octanol–water partition coefficient (Wildman–Crippen LogP) is 0.588. The molecule has 9 nitrogen and oxygen atoms in total. The molecule has 1 N–H and O–H groups in total. The summed E-state index contributed by atoms with van der Waals surface area (Å²) < 4.78 is 6.28. The third-order valence-corrected chi connectivity index (χ3v) is 5.08. The fourth-order valence-corrected chi connectivity index (χ4v) is 3.60. The van der Waals surface area contributed by atoms with Crippen LogP contribution in [0.4, 0.5) is 4.79 Å². The standard InChI is InChI=1S/C17H25N5O4S/c1-10(2)8-11-19-14-13(16(24)22(4)17(25)21(14)3)15(20-11)27-9-12(23)18-6-7-26-5/h10,13H,6-9H2,1-5H3/p+1. The van der Waals surface area contributed by atoms with Crippen molar-refractivity contribution in [2.75, 3.05) is 40.1 Å². The zero-order valence-corrected chi connectivity index (χ0v) is 17.1. The highest BCUT2D eigenvalue weighted by Crippen LogP contribution is 2.26. The Morgan fingerprint density at radius 3 is 2.70 bits per heavy atom. The number of carbonyl (C=O) groups excluding carboxylic acids is 3. The number of methoxy groups -OCH3 is 1. The highest BCUT2D eigenvalue weighted by molar-refractivity contribution is 8.14. The van der Waals surface area contributed by atoms with Gasteiger partial charge in [-0.05, 0) is 5.92 Å². The van der Waals surface area contributed by atoms with E-state index in [9.17, 15) is 14.4 Å². The maximum atomic E-state index is 12.7.